The summed E-state index contributed by atoms with van der Waals surface area (Å²) in [6.07, 6.45) is 0.633. The lowest BCUT2D eigenvalue weighted by atomic mass is 9.96. The fraction of sp³-hybridized carbons (Fsp3) is 0.462. The maximum Gasteiger partial charge on any atom is 0.217 e. The number of fused-ring (bicyclic) bond motifs is 1. The van der Waals surface area contributed by atoms with Gasteiger partial charge in [0.25, 0.3) is 0 Å². The Morgan fingerprint density at radius 3 is 2.94 bits per heavy atom. The SMILES string of the molecule is CC(=O)NC1CCOc2c(F)cc(C(C)N)cc21. The summed E-state index contributed by atoms with van der Waals surface area (Å²) in [6.45, 7) is 3.63. The van der Waals surface area contributed by atoms with Crippen molar-refractivity contribution in [1.82, 2.24) is 5.32 Å². The zero-order valence-electron chi connectivity index (χ0n) is 10.5. The number of halogens is 1. The van der Waals surface area contributed by atoms with Gasteiger partial charge in [0.2, 0.25) is 5.91 Å². The van der Waals surface area contributed by atoms with Crippen molar-refractivity contribution in [1.29, 1.82) is 0 Å². The maximum atomic E-state index is 13.9. The summed E-state index contributed by atoms with van der Waals surface area (Å²) in [6, 6.07) is 2.73. The Kier molecular flexibility index (Phi) is 3.52. The van der Waals surface area contributed by atoms with Crippen LogP contribution in [0.5, 0.6) is 5.75 Å². The molecule has 3 N–H and O–H groups in total. The predicted molar refractivity (Wildman–Crippen MR) is 65.7 cm³/mol. The highest BCUT2D eigenvalue weighted by molar-refractivity contribution is 5.73. The molecule has 4 nitrogen and oxygen atoms in total. The predicted octanol–water partition coefficient (Wildman–Crippen LogP) is 1.81. The molecule has 1 aromatic carbocycles. The first kappa shape index (κ1) is 12.8. The monoisotopic (exact) mass is 252 g/mol. The number of hydrogen-bond donors (Lipinski definition) is 2. The van der Waals surface area contributed by atoms with Crippen molar-refractivity contribution in [2.24, 2.45) is 5.73 Å². The minimum atomic E-state index is -0.421. The number of carbonyl (C=O) groups is 1. The van der Waals surface area contributed by atoms with Gasteiger partial charge in [-0.3, -0.25) is 4.79 Å². The van der Waals surface area contributed by atoms with Crippen molar-refractivity contribution in [2.45, 2.75) is 32.4 Å². The molecule has 0 spiro atoms. The highest BCUT2D eigenvalue weighted by atomic mass is 19.1. The van der Waals surface area contributed by atoms with E-state index in [-0.39, 0.29) is 23.7 Å². The van der Waals surface area contributed by atoms with Crippen LogP contribution in [-0.4, -0.2) is 12.5 Å². The van der Waals surface area contributed by atoms with E-state index in [2.05, 4.69) is 5.32 Å². The Balaban J connectivity index is 2.44. The van der Waals surface area contributed by atoms with Crippen molar-refractivity contribution in [2.75, 3.05) is 6.61 Å². The van der Waals surface area contributed by atoms with Crippen LogP contribution < -0.4 is 15.8 Å². The standard InChI is InChI=1S/C13H17FN2O2/c1-7(15)9-5-10-12(16-8(2)17)3-4-18-13(10)11(14)6-9/h5-7,12H,3-4,15H2,1-2H3,(H,16,17). The Labute approximate surface area is 105 Å². The molecule has 2 unspecified atom stereocenters. The average Bonchev–Trinajstić information content (AvgIpc) is 2.29. The van der Waals surface area contributed by atoms with Gasteiger partial charge in [0.1, 0.15) is 0 Å². The van der Waals surface area contributed by atoms with Crippen LogP contribution in [0.4, 0.5) is 4.39 Å². The third-order valence-corrected chi connectivity index (χ3v) is 3.03. The molecule has 2 atom stereocenters. The number of nitrogens with two attached hydrogens (primary N) is 1. The van der Waals surface area contributed by atoms with E-state index in [1.54, 1.807) is 6.92 Å². The highest BCUT2D eigenvalue weighted by Gasteiger charge is 2.26. The number of hydrogen-bond acceptors (Lipinski definition) is 3. The van der Waals surface area contributed by atoms with Crippen molar-refractivity contribution in [3.63, 3.8) is 0 Å². The van der Waals surface area contributed by atoms with Crippen molar-refractivity contribution >= 4 is 5.91 Å². The lowest BCUT2D eigenvalue weighted by molar-refractivity contribution is -0.119. The molecule has 0 aliphatic carbocycles. The molecule has 0 fully saturated rings. The van der Waals surface area contributed by atoms with Gasteiger partial charge in [-0.05, 0) is 24.6 Å². The lowest BCUT2D eigenvalue weighted by Crippen LogP contribution is -2.31. The van der Waals surface area contributed by atoms with E-state index in [9.17, 15) is 9.18 Å². The second-order valence-corrected chi connectivity index (χ2v) is 4.60. The van der Waals surface area contributed by atoms with E-state index in [0.717, 1.165) is 0 Å². The summed E-state index contributed by atoms with van der Waals surface area (Å²) in [5.41, 5.74) is 7.14. The van der Waals surface area contributed by atoms with Crippen molar-refractivity contribution in [3.05, 3.63) is 29.1 Å². The quantitative estimate of drug-likeness (QED) is 0.843. The minimum Gasteiger partial charge on any atom is -0.490 e. The van der Waals surface area contributed by atoms with E-state index in [4.69, 9.17) is 10.5 Å². The third-order valence-electron chi connectivity index (χ3n) is 3.03. The molecule has 5 heteroatoms. The molecule has 1 aliphatic rings. The molecule has 0 bridgehead atoms. The first-order valence-electron chi connectivity index (χ1n) is 5.98. The van der Waals surface area contributed by atoms with Crippen LogP contribution in [0.25, 0.3) is 0 Å². The van der Waals surface area contributed by atoms with Gasteiger partial charge in [0, 0.05) is 24.9 Å². The Hall–Kier alpha value is -1.62. The van der Waals surface area contributed by atoms with E-state index in [0.29, 0.717) is 24.2 Å². The van der Waals surface area contributed by atoms with Gasteiger partial charge in [-0.25, -0.2) is 4.39 Å². The first-order chi connectivity index (χ1) is 8.49. The fourth-order valence-corrected chi connectivity index (χ4v) is 2.14. The van der Waals surface area contributed by atoms with Crippen LogP contribution in [0.1, 0.15) is 43.5 Å². The van der Waals surface area contributed by atoms with Gasteiger partial charge in [-0.15, -0.1) is 0 Å². The normalized spacial score (nSPS) is 19.7. The molecule has 0 radical (unpaired) electrons. The molecule has 1 aromatic rings. The minimum absolute atomic E-state index is 0.139. The second kappa shape index (κ2) is 4.94. The molecule has 98 valence electrons. The van der Waals surface area contributed by atoms with Gasteiger partial charge in [-0.2, -0.15) is 0 Å². The summed E-state index contributed by atoms with van der Waals surface area (Å²) in [5.74, 6) is -0.335. The van der Waals surface area contributed by atoms with Crippen LogP contribution in [0.2, 0.25) is 0 Å². The zero-order valence-corrected chi connectivity index (χ0v) is 10.5. The number of ether oxygens (including phenoxy) is 1. The molecule has 1 amide bonds. The van der Waals surface area contributed by atoms with Gasteiger partial charge in [-0.1, -0.05) is 0 Å². The molecule has 0 aromatic heterocycles. The smallest absolute Gasteiger partial charge is 0.217 e. The number of rotatable bonds is 2. The maximum absolute atomic E-state index is 13.9. The average molecular weight is 252 g/mol. The Morgan fingerprint density at radius 2 is 2.33 bits per heavy atom. The lowest BCUT2D eigenvalue weighted by Gasteiger charge is -2.27. The molecule has 1 aliphatic heterocycles. The van der Waals surface area contributed by atoms with Crippen LogP contribution >= 0.6 is 0 Å². The van der Waals surface area contributed by atoms with Crippen molar-refractivity contribution in [3.8, 4) is 5.75 Å². The number of carbonyl (C=O) groups excluding carboxylic acids is 1. The first-order valence-corrected chi connectivity index (χ1v) is 5.98. The van der Waals surface area contributed by atoms with E-state index < -0.39 is 5.82 Å². The van der Waals surface area contributed by atoms with Gasteiger partial charge < -0.3 is 15.8 Å². The summed E-state index contributed by atoms with van der Waals surface area (Å²) >= 11 is 0. The molecule has 18 heavy (non-hydrogen) atoms. The molecular weight excluding hydrogens is 235 g/mol. The van der Waals surface area contributed by atoms with E-state index in [1.807, 2.05) is 6.07 Å². The molecule has 0 saturated carbocycles. The number of nitrogens with one attached hydrogen (secondary N) is 1. The van der Waals surface area contributed by atoms with E-state index in [1.165, 1.54) is 13.0 Å². The van der Waals surface area contributed by atoms with Crippen LogP contribution in [-0.2, 0) is 4.79 Å². The van der Waals surface area contributed by atoms with Crippen molar-refractivity contribution < 1.29 is 13.9 Å². The second-order valence-electron chi connectivity index (χ2n) is 4.60. The highest BCUT2D eigenvalue weighted by Crippen LogP contribution is 2.36. The molecule has 2 rings (SSSR count). The molecular formula is C13H17FN2O2. The molecule has 0 saturated heterocycles. The van der Waals surface area contributed by atoms with Crippen LogP contribution in [0, 0.1) is 5.82 Å². The number of amides is 1. The van der Waals surface area contributed by atoms with E-state index >= 15 is 0 Å². The fourth-order valence-electron chi connectivity index (χ4n) is 2.14. The Bertz CT molecular complexity index is 474. The Morgan fingerprint density at radius 1 is 1.61 bits per heavy atom. The van der Waals surface area contributed by atoms with Crippen LogP contribution in [0.15, 0.2) is 12.1 Å². The summed E-state index contributed by atoms with van der Waals surface area (Å²) in [7, 11) is 0. The summed E-state index contributed by atoms with van der Waals surface area (Å²) in [4.78, 5) is 11.2. The van der Waals surface area contributed by atoms with Gasteiger partial charge in [0.15, 0.2) is 11.6 Å². The van der Waals surface area contributed by atoms with Gasteiger partial charge in [0.05, 0.1) is 12.6 Å². The van der Waals surface area contributed by atoms with Gasteiger partial charge >= 0.3 is 0 Å². The third kappa shape index (κ3) is 2.46. The summed E-state index contributed by atoms with van der Waals surface area (Å²) in [5, 5.41) is 2.80. The van der Waals surface area contributed by atoms with Crippen LogP contribution in [0.3, 0.4) is 0 Å². The number of benzene rings is 1. The topological polar surface area (TPSA) is 64.3 Å². The molecule has 1 heterocycles. The zero-order chi connectivity index (χ0) is 13.3. The summed E-state index contributed by atoms with van der Waals surface area (Å²) < 4.78 is 19.2. The largest absolute Gasteiger partial charge is 0.490 e.